The van der Waals surface area contributed by atoms with E-state index in [9.17, 15) is 19.1 Å². The molecule has 5 rings (SSSR count). The number of hydrogen-bond acceptors (Lipinski definition) is 5. The van der Waals surface area contributed by atoms with E-state index in [0.29, 0.717) is 53.7 Å². The summed E-state index contributed by atoms with van der Waals surface area (Å²) in [5.74, 6) is -0.658. The number of urea groups is 1. The van der Waals surface area contributed by atoms with Crippen molar-refractivity contribution in [1.82, 2.24) is 14.8 Å². The number of carbonyl (C=O) groups is 1. The molecule has 2 aliphatic heterocycles. The number of amides is 2. The summed E-state index contributed by atoms with van der Waals surface area (Å²) in [6.45, 7) is 4.00. The number of nitrogens with one attached hydrogen (secondary N) is 1. The number of aromatic hydroxyl groups is 1. The summed E-state index contributed by atoms with van der Waals surface area (Å²) >= 11 is 6.53. The third kappa shape index (κ3) is 4.29. The predicted molar refractivity (Wildman–Crippen MR) is 140 cm³/mol. The molecule has 1 aromatic heterocycles. The highest BCUT2D eigenvalue weighted by Crippen LogP contribution is 2.41. The van der Waals surface area contributed by atoms with Crippen LogP contribution in [0.1, 0.15) is 0 Å². The quantitative estimate of drug-likeness (QED) is 0.560. The number of carbonyl (C=O) groups excluding carboxylic acids is 1. The number of rotatable bonds is 4. The number of pyridine rings is 1. The number of nitrogens with zero attached hydrogens (tertiary/aromatic N) is 4. The number of likely N-dealkylation sites (N-methyl/N-ethyl adjacent to an activating group) is 1. The van der Waals surface area contributed by atoms with E-state index in [1.807, 2.05) is 4.90 Å². The summed E-state index contributed by atoms with van der Waals surface area (Å²) in [6.07, 6.45) is 1.60. The van der Waals surface area contributed by atoms with Crippen molar-refractivity contribution in [3.8, 4) is 28.0 Å². The van der Waals surface area contributed by atoms with Gasteiger partial charge in [-0.1, -0.05) is 17.7 Å². The van der Waals surface area contributed by atoms with Crippen LogP contribution in [0.15, 0.2) is 47.4 Å². The van der Waals surface area contributed by atoms with Crippen molar-refractivity contribution >= 4 is 29.0 Å². The monoisotopic (exact) mass is 511 g/mol. The first kappa shape index (κ1) is 24.1. The Morgan fingerprint density at radius 2 is 1.61 bits per heavy atom. The zero-order chi connectivity index (χ0) is 25.6. The lowest BCUT2D eigenvalue weighted by atomic mass is 9.97. The van der Waals surface area contributed by atoms with Crippen LogP contribution in [0.2, 0.25) is 5.02 Å². The van der Waals surface area contributed by atoms with Gasteiger partial charge in [-0.2, -0.15) is 0 Å². The Hall–Kier alpha value is -3.56. The van der Waals surface area contributed by atoms with Gasteiger partial charge in [-0.05, 0) is 35.9 Å². The van der Waals surface area contributed by atoms with Crippen LogP contribution < -0.4 is 20.7 Å². The summed E-state index contributed by atoms with van der Waals surface area (Å²) in [5, 5.41) is 14.8. The van der Waals surface area contributed by atoms with Crippen molar-refractivity contribution in [2.75, 3.05) is 56.1 Å². The maximum absolute atomic E-state index is 14.8. The maximum atomic E-state index is 14.8. The van der Waals surface area contributed by atoms with Crippen molar-refractivity contribution in [3.05, 3.63) is 63.8 Å². The normalized spacial score (nSPS) is 16.2. The van der Waals surface area contributed by atoms with Gasteiger partial charge in [-0.15, -0.1) is 0 Å². The van der Waals surface area contributed by atoms with E-state index in [0.717, 1.165) is 13.1 Å². The lowest BCUT2D eigenvalue weighted by Crippen LogP contribution is -2.45. The third-order valence-electron chi connectivity index (χ3n) is 6.77. The second-order valence-corrected chi connectivity index (χ2v) is 9.55. The van der Waals surface area contributed by atoms with Crippen LogP contribution in [-0.4, -0.2) is 66.9 Å². The minimum atomic E-state index is -0.535. The first-order chi connectivity index (χ1) is 17.2. The van der Waals surface area contributed by atoms with Crippen LogP contribution in [0, 0.1) is 5.82 Å². The molecule has 0 saturated carbocycles. The van der Waals surface area contributed by atoms with Crippen LogP contribution in [0.3, 0.4) is 0 Å². The van der Waals surface area contributed by atoms with Crippen molar-refractivity contribution in [3.63, 3.8) is 0 Å². The Labute approximate surface area is 213 Å². The Kier molecular flexibility index (Phi) is 6.36. The van der Waals surface area contributed by atoms with E-state index in [4.69, 9.17) is 11.6 Å². The lowest BCUT2D eigenvalue weighted by molar-refractivity contribution is 0.229. The SMILES string of the molecule is CN1CCN(c2ccc(-c3cc(F)cc(-c4cc(N5CCNCC5)c(=O)n(C)c4)c3O)cc2Cl)C1=O. The molecule has 2 N–H and O–H groups in total. The molecule has 0 radical (unpaired) electrons. The Balaban J connectivity index is 1.56. The molecule has 0 unspecified atom stereocenters. The number of halogens is 2. The molecule has 3 heterocycles. The topological polar surface area (TPSA) is 81.1 Å². The lowest BCUT2D eigenvalue weighted by Gasteiger charge is -2.29. The maximum Gasteiger partial charge on any atom is 0.324 e. The number of phenols is 1. The van der Waals surface area contributed by atoms with E-state index in [1.165, 1.54) is 16.7 Å². The van der Waals surface area contributed by atoms with Gasteiger partial charge in [-0.25, -0.2) is 9.18 Å². The van der Waals surface area contributed by atoms with E-state index in [2.05, 4.69) is 5.32 Å². The molecule has 2 aromatic carbocycles. The number of benzene rings is 2. The average Bonchev–Trinajstić information content (AvgIpc) is 3.20. The first-order valence-corrected chi connectivity index (χ1v) is 12.1. The Bertz CT molecular complexity index is 1400. The van der Waals surface area contributed by atoms with Gasteiger partial charge < -0.3 is 24.8 Å². The second-order valence-electron chi connectivity index (χ2n) is 9.14. The third-order valence-corrected chi connectivity index (χ3v) is 7.08. The van der Waals surface area contributed by atoms with Gasteiger partial charge >= 0.3 is 6.03 Å². The van der Waals surface area contributed by atoms with Crippen LogP contribution in [0.25, 0.3) is 22.3 Å². The highest BCUT2D eigenvalue weighted by molar-refractivity contribution is 6.34. The van der Waals surface area contributed by atoms with Crippen LogP contribution in [-0.2, 0) is 7.05 Å². The van der Waals surface area contributed by atoms with Crippen molar-refractivity contribution in [1.29, 1.82) is 0 Å². The second kappa shape index (κ2) is 9.48. The largest absolute Gasteiger partial charge is 0.507 e. The number of aryl methyl sites for hydroxylation is 1. The smallest absolute Gasteiger partial charge is 0.324 e. The van der Waals surface area contributed by atoms with E-state index < -0.39 is 5.82 Å². The average molecular weight is 512 g/mol. The summed E-state index contributed by atoms with van der Waals surface area (Å²) in [4.78, 5) is 30.4. The molecule has 2 saturated heterocycles. The number of piperazine rings is 1. The van der Waals surface area contributed by atoms with Gasteiger partial charge in [0.15, 0.2) is 0 Å². The van der Waals surface area contributed by atoms with Gasteiger partial charge in [0, 0.05) is 76.3 Å². The van der Waals surface area contributed by atoms with Crippen LogP contribution in [0.4, 0.5) is 20.6 Å². The zero-order valence-electron chi connectivity index (χ0n) is 20.1. The molecule has 8 nitrogen and oxygen atoms in total. The van der Waals surface area contributed by atoms with E-state index >= 15 is 0 Å². The van der Waals surface area contributed by atoms with Crippen molar-refractivity contribution in [2.24, 2.45) is 7.05 Å². The molecular weight excluding hydrogens is 485 g/mol. The fraction of sp³-hybridized carbons (Fsp3) is 0.308. The molecule has 36 heavy (non-hydrogen) atoms. The Morgan fingerprint density at radius 1 is 0.917 bits per heavy atom. The molecule has 10 heteroatoms. The molecule has 0 spiro atoms. The minimum Gasteiger partial charge on any atom is -0.507 e. The molecule has 0 aliphatic carbocycles. The van der Waals surface area contributed by atoms with Crippen LogP contribution in [0.5, 0.6) is 5.75 Å². The highest BCUT2D eigenvalue weighted by atomic mass is 35.5. The molecule has 2 aliphatic rings. The summed E-state index contributed by atoms with van der Waals surface area (Å²) < 4.78 is 16.3. The van der Waals surface area contributed by atoms with Gasteiger partial charge in [-0.3, -0.25) is 9.69 Å². The molecule has 188 valence electrons. The minimum absolute atomic E-state index is 0.123. The summed E-state index contributed by atoms with van der Waals surface area (Å²) in [7, 11) is 3.37. The fourth-order valence-corrected chi connectivity index (χ4v) is 5.06. The molecule has 2 fully saturated rings. The summed E-state index contributed by atoms with van der Waals surface area (Å²) in [6, 6.07) is 9.10. The number of phenolic OH excluding ortho intramolecular Hbond substituents is 1. The molecule has 2 amide bonds. The molecular formula is C26H27ClFN5O3. The van der Waals surface area contributed by atoms with Gasteiger partial charge in [0.05, 0.1) is 10.7 Å². The summed E-state index contributed by atoms with van der Waals surface area (Å²) in [5.41, 5.74) is 2.49. The van der Waals surface area contributed by atoms with Gasteiger partial charge in [0.25, 0.3) is 5.56 Å². The predicted octanol–water partition coefficient (Wildman–Crippen LogP) is 3.50. The van der Waals surface area contributed by atoms with Gasteiger partial charge in [0.1, 0.15) is 17.3 Å². The Morgan fingerprint density at radius 3 is 2.25 bits per heavy atom. The number of hydrogen-bond donors (Lipinski definition) is 2. The number of aromatic nitrogens is 1. The molecule has 0 bridgehead atoms. The first-order valence-electron chi connectivity index (χ1n) is 11.8. The van der Waals surface area contributed by atoms with Crippen molar-refractivity contribution in [2.45, 2.75) is 0 Å². The standard InChI is InChI=1S/C26H27ClFN5O3/c1-30-9-10-33(26(30)36)22-4-3-16(11-21(22)27)19-13-18(28)14-20(24(19)34)17-12-23(25(35)31(2)15-17)32-7-5-29-6-8-32/h3-4,11-15,29,34H,5-10H2,1-2H3. The van der Waals surface area contributed by atoms with Crippen molar-refractivity contribution < 1.29 is 14.3 Å². The number of anilines is 2. The molecule has 3 aromatic rings. The van der Waals surface area contributed by atoms with E-state index in [-0.39, 0.29) is 28.5 Å². The van der Waals surface area contributed by atoms with E-state index in [1.54, 1.807) is 54.4 Å². The zero-order valence-corrected chi connectivity index (χ0v) is 20.8. The highest BCUT2D eigenvalue weighted by Gasteiger charge is 2.28. The fourth-order valence-electron chi connectivity index (χ4n) is 4.78. The van der Waals surface area contributed by atoms with Crippen LogP contribution >= 0.6 is 11.6 Å². The molecule has 0 atom stereocenters. The van der Waals surface area contributed by atoms with Gasteiger partial charge in [0.2, 0.25) is 0 Å².